The molecule has 2 aromatic rings. The second-order valence-corrected chi connectivity index (χ2v) is 5.79. The summed E-state index contributed by atoms with van der Waals surface area (Å²) in [7, 11) is 0. The maximum Gasteiger partial charge on any atom is 0.0604 e. The summed E-state index contributed by atoms with van der Waals surface area (Å²) in [6.45, 7) is 1.30. The van der Waals surface area contributed by atoms with Crippen molar-refractivity contribution in [3.8, 4) is 0 Å². The molecule has 1 saturated heterocycles. The molecule has 1 aliphatic heterocycles. The Morgan fingerprint density at radius 2 is 1.48 bits per heavy atom. The van der Waals surface area contributed by atoms with Crippen LogP contribution >= 0.6 is 0 Å². The van der Waals surface area contributed by atoms with Gasteiger partial charge in [-0.05, 0) is 30.5 Å². The molecule has 0 radical (unpaired) electrons. The number of nitrogens with zero attached hydrogens (tertiary/aromatic N) is 1. The molecule has 0 aromatic heterocycles. The molecular weight excluding hydrogens is 258 g/mol. The molecule has 1 aliphatic rings. The maximum atomic E-state index is 9.76. The lowest BCUT2D eigenvalue weighted by atomic mass is 9.92. The first-order valence-corrected chi connectivity index (χ1v) is 7.86. The number of aliphatic hydroxyl groups is 1. The van der Waals surface area contributed by atoms with Gasteiger partial charge in [0.05, 0.1) is 12.6 Å². The highest BCUT2D eigenvalue weighted by Crippen LogP contribution is 2.33. The van der Waals surface area contributed by atoms with Gasteiger partial charge in [0.15, 0.2) is 0 Å². The van der Waals surface area contributed by atoms with Gasteiger partial charge in [-0.3, -0.25) is 4.90 Å². The molecule has 2 heteroatoms. The Bertz CT molecular complexity index is 501. The summed E-state index contributed by atoms with van der Waals surface area (Å²) in [5.74, 6) is 0. The fourth-order valence-electron chi connectivity index (χ4n) is 3.40. The third kappa shape index (κ3) is 3.17. The molecule has 0 unspecified atom stereocenters. The molecule has 0 spiro atoms. The molecule has 21 heavy (non-hydrogen) atoms. The van der Waals surface area contributed by atoms with Crippen molar-refractivity contribution in [2.24, 2.45) is 0 Å². The molecule has 1 atom stereocenters. The highest BCUT2D eigenvalue weighted by molar-refractivity contribution is 5.32. The Hall–Kier alpha value is -1.64. The third-order valence-corrected chi connectivity index (χ3v) is 4.45. The van der Waals surface area contributed by atoms with Crippen molar-refractivity contribution in [3.05, 3.63) is 71.8 Å². The predicted octanol–water partition coefficient (Wildman–Crippen LogP) is 3.62. The summed E-state index contributed by atoms with van der Waals surface area (Å²) >= 11 is 0. The minimum absolute atomic E-state index is 0.241. The molecule has 1 heterocycles. The second kappa shape index (κ2) is 6.88. The largest absolute Gasteiger partial charge is 0.395 e. The van der Waals surface area contributed by atoms with E-state index in [1.165, 1.54) is 24.0 Å². The van der Waals surface area contributed by atoms with E-state index in [0.29, 0.717) is 0 Å². The van der Waals surface area contributed by atoms with Crippen molar-refractivity contribution in [2.45, 2.75) is 31.3 Å². The molecule has 2 aromatic carbocycles. The molecule has 3 rings (SSSR count). The van der Waals surface area contributed by atoms with Crippen LogP contribution in [0.15, 0.2) is 60.7 Å². The molecule has 0 aliphatic carbocycles. The van der Waals surface area contributed by atoms with Gasteiger partial charge in [-0.15, -0.1) is 0 Å². The lowest BCUT2D eigenvalue weighted by molar-refractivity contribution is 0.0659. The number of rotatable bonds is 4. The van der Waals surface area contributed by atoms with Crippen LogP contribution in [0.25, 0.3) is 0 Å². The Morgan fingerprint density at radius 3 is 2.00 bits per heavy atom. The van der Waals surface area contributed by atoms with Crippen LogP contribution < -0.4 is 0 Å². The van der Waals surface area contributed by atoms with Gasteiger partial charge in [0, 0.05) is 6.04 Å². The van der Waals surface area contributed by atoms with E-state index in [9.17, 15) is 5.11 Å². The van der Waals surface area contributed by atoms with E-state index in [2.05, 4.69) is 65.6 Å². The normalized spacial score (nSPS) is 19.8. The number of benzene rings is 2. The van der Waals surface area contributed by atoms with Gasteiger partial charge < -0.3 is 5.11 Å². The molecule has 1 fully saturated rings. The molecule has 0 amide bonds. The number of piperidine rings is 1. The number of hydrogen-bond acceptors (Lipinski definition) is 2. The van der Waals surface area contributed by atoms with Gasteiger partial charge in [-0.1, -0.05) is 67.1 Å². The van der Waals surface area contributed by atoms with Crippen LogP contribution in [0.1, 0.15) is 36.4 Å². The Kier molecular flexibility index (Phi) is 4.69. The third-order valence-electron chi connectivity index (χ3n) is 4.45. The van der Waals surface area contributed by atoms with Gasteiger partial charge in [0.25, 0.3) is 0 Å². The first kappa shape index (κ1) is 14.3. The summed E-state index contributed by atoms with van der Waals surface area (Å²) in [6.07, 6.45) is 3.53. The lowest BCUT2D eigenvalue weighted by Crippen LogP contribution is -2.44. The summed E-state index contributed by atoms with van der Waals surface area (Å²) < 4.78 is 0. The average molecular weight is 281 g/mol. The summed E-state index contributed by atoms with van der Waals surface area (Å²) in [6, 6.07) is 21.8. The standard InChI is InChI=1S/C19H23NO/c21-15-18-13-7-8-14-20(18)19(16-9-3-1-4-10-16)17-11-5-2-6-12-17/h1-6,9-12,18-19,21H,7-8,13-15H2/t18-/m1/s1. The van der Waals surface area contributed by atoms with E-state index in [1.807, 2.05) is 0 Å². The summed E-state index contributed by atoms with van der Waals surface area (Å²) in [5.41, 5.74) is 2.62. The van der Waals surface area contributed by atoms with Crippen LogP contribution in [-0.4, -0.2) is 29.2 Å². The topological polar surface area (TPSA) is 23.5 Å². The molecule has 1 N–H and O–H groups in total. The van der Waals surface area contributed by atoms with Crippen molar-refractivity contribution in [2.75, 3.05) is 13.2 Å². The number of likely N-dealkylation sites (tertiary alicyclic amines) is 1. The van der Waals surface area contributed by atoms with Crippen molar-refractivity contribution >= 4 is 0 Å². The minimum atomic E-state index is 0.241. The summed E-state index contributed by atoms with van der Waals surface area (Å²) in [5, 5.41) is 9.76. The molecular formula is C19H23NO. The average Bonchev–Trinajstić information content (AvgIpc) is 2.58. The van der Waals surface area contributed by atoms with Crippen LogP contribution in [0.3, 0.4) is 0 Å². The second-order valence-electron chi connectivity index (χ2n) is 5.79. The Balaban J connectivity index is 2.00. The van der Waals surface area contributed by atoms with Gasteiger partial charge in [-0.25, -0.2) is 0 Å². The zero-order chi connectivity index (χ0) is 14.5. The van der Waals surface area contributed by atoms with Crippen molar-refractivity contribution < 1.29 is 5.11 Å². The van der Waals surface area contributed by atoms with E-state index in [0.717, 1.165) is 13.0 Å². The monoisotopic (exact) mass is 281 g/mol. The van der Waals surface area contributed by atoms with Crippen molar-refractivity contribution in [3.63, 3.8) is 0 Å². The molecule has 0 bridgehead atoms. The maximum absolute atomic E-state index is 9.76. The minimum Gasteiger partial charge on any atom is -0.395 e. The van der Waals surface area contributed by atoms with Gasteiger partial charge in [0.1, 0.15) is 0 Å². The van der Waals surface area contributed by atoms with Gasteiger partial charge in [-0.2, -0.15) is 0 Å². The smallest absolute Gasteiger partial charge is 0.0604 e. The Labute approximate surface area is 127 Å². The van der Waals surface area contributed by atoms with Crippen molar-refractivity contribution in [1.29, 1.82) is 0 Å². The summed E-state index contributed by atoms with van der Waals surface area (Å²) in [4.78, 5) is 2.48. The SMILES string of the molecule is OC[C@H]1CCCCN1C(c1ccccc1)c1ccccc1. The highest BCUT2D eigenvalue weighted by atomic mass is 16.3. The van der Waals surface area contributed by atoms with Gasteiger partial charge in [0.2, 0.25) is 0 Å². The molecule has 0 saturated carbocycles. The van der Waals surface area contributed by atoms with Crippen molar-refractivity contribution in [1.82, 2.24) is 4.90 Å². The number of hydrogen-bond donors (Lipinski definition) is 1. The first-order valence-electron chi connectivity index (χ1n) is 7.86. The van der Waals surface area contributed by atoms with Crippen LogP contribution in [0.5, 0.6) is 0 Å². The first-order chi connectivity index (χ1) is 10.4. The van der Waals surface area contributed by atoms with Crippen LogP contribution in [0.2, 0.25) is 0 Å². The van der Waals surface area contributed by atoms with Crippen LogP contribution in [0, 0.1) is 0 Å². The van der Waals surface area contributed by atoms with Crippen LogP contribution in [-0.2, 0) is 0 Å². The lowest BCUT2D eigenvalue weighted by Gasteiger charge is -2.41. The molecule has 2 nitrogen and oxygen atoms in total. The van der Waals surface area contributed by atoms with E-state index < -0.39 is 0 Å². The van der Waals surface area contributed by atoms with Gasteiger partial charge >= 0.3 is 0 Å². The molecule has 110 valence electrons. The van der Waals surface area contributed by atoms with E-state index in [-0.39, 0.29) is 18.7 Å². The fourth-order valence-corrected chi connectivity index (χ4v) is 3.40. The predicted molar refractivity (Wildman–Crippen MR) is 86.2 cm³/mol. The quantitative estimate of drug-likeness (QED) is 0.925. The number of aliphatic hydroxyl groups excluding tert-OH is 1. The zero-order valence-electron chi connectivity index (χ0n) is 12.4. The fraction of sp³-hybridized carbons (Fsp3) is 0.368. The van der Waals surface area contributed by atoms with Crippen LogP contribution in [0.4, 0.5) is 0 Å². The highest BCUT2D eigenvalue weighted by Gasteiger charge is 2.30. The zero-order valence-corrected chi connectivity index (χ0v) is 12.4. The van der Waals surface area contributed by atoms with E-state index in [1.54, 1.807) is 0 Å². The van der Waals surface area contributed by atoms with E-state index >= 15 is 0 Å². The Morgan fingerprint density at radius 1 is 0.905 bits per heavy atom. The van der Waals surface area contributed by atoms with E-state index in [4.69, 9.17) is 0 Å².